The molecule has 1 saturated carbocycles. The van der Waals surface area contributed by atoms with Gasteiger partial charge in [0.05, 0.1) is 12.6 Å². The van der Waals surface area contributed by atoms with Gasteiger partial charge in [-0.25, -0.2) is 4.79 Å². The van der Waals surface area contributed by atoms with E-state index in [2.05, 4.69) is 5.32 Å². The third kappa shape index (κ3) is 3.85. The summed E-state index contributed by atoms with van der Waals surface area (Å²) in [7, 11) is 1.77. The van der Waals surface area contributed by atoms with Crippen LogP contribution in [0.4, 0.5) is 4.79 Å². The molecule has 2 N–H and O–H groups in total. The van der Waals surface area contributed by atoms with Crippen LogP contribution in [0.1, 0.15) is 31.4 Å². The molecule has 2 atom stereocenters. The fourth-order valence-corrected chi connectivity index (χ4v) is 3.26. The highest BCUT2D eigenvalue weighted by molar-refractivity contribution is 5.78. The van der Waals surface area contributed by atoms with Crippen LogP contribution in [0.15, 0.2) is 34.7 Å². The zero-order valence-electron chi connectivity index (χ0n) is 13.5. The molecule has 0 saturated heterocycles. The average molecular weight is 316 g/mol. The van der Waals surface area contributed by atoms with E-state index in [1.54, 1.807) is 11.9 Å². The number of carbonyl (C=O) groups is 1. The number of fused-ring (bicyclic) bond motifs is 1. The van der Waals surface area contributed by atoms with Crippen molar-refractivity contribution in [2.24, 2.45) is 5.92 Å². The number of hydrogen-bond donors (Lipinski definition) is 2. The quantitative estimate of drug-likeness (QED) is 0.911. The van der Waals surface area contributed by atoms with Crippen LogP contribution in [0.2, 0.25) is 0 Å². The lowest BCUT2D eigenvalue weighted by Gasteiger charge is -2.31. The Labute approximate surface area is 136 Å². The molecule has 1 aliphatic rings. The van der Waals surface area contributed by atoms with Gasteiger partial charge in [-0.05, 0) is 25.0 Å². The van der Waals surface area contributed by atoms with Gasteiger partial charge in [0.1, 0.15) is 11.3 Å². The topological polar surface area (TPSA) is 65.7 Å². The summed E-state index contributed by atoms with van der Waals surface area (Å²) in [5.74, 6) is 0.927. The molecule has 124 valence electrons. The second-order valence-corrected chi connectivity index (χ2v) is 6.40. The Hall–Kier alpha value is -2.01. The van der Waals surface area contributed by atoms with Crippen LogP contribution in [-0.4, -0.2) is 35.7 Å². The van der Waals surface area contributed by atoms with Crippen LogP contribution < -0.4 is 5.32 Å². The van der Waals surface area contributed by atoms with E-state index in [0.29, 0.717) is 13.1 Å². The normalized spacial score (nSPS) is 21.3. The Morgan fingerprint density at radius 1 is 1.35 bits per heavy atom. The second kappa shape index (κ2) is 7.04. The molecule has 2 amide bonds. The Bertz CT molecular complexity index is 634. The van der Waals surface area contributed by atoms with Gasteiger partial charge in [-0.2, -0.15) is 0 Å². The summed E-state index contributed by atoms with van der Waals surface area (Å²) in [6, 6.07) is 9.60. The highest BCUT2D eigenvalue weighted by Gasteiger charge is 2.25. The molecule has 0 radical (unpaired) electrons. The second-order valence-electron chi connectivity index (χ2n) is 6.40. The molecule has 0 aliphatic heterocycles. The number of carbonyl (C=O) groups excluding carboxylic acids is 1. The zero-order chi connectivity index (χ0) is 16.2. The number of nitrogens with one attached hydrogen (secondary N) is 1. The zero-order valence-corrected chi connectivity index (χ0v) is 13.5. The first kappa shape index (κ1) is 15.9. The van der Waals surface area contributed by atoms with Crippen molar-refractivity contribution in [1.29, 1.82) is 0 Å². The van der Waals surface area contributed by atoms with Crippen LogP contribution in [0.3, 0.4) is 0 Å². The van der Waals surface area contributed by atoms with Crippen LogP contribution >= 0.6 is 0 Å². The maximum absolute atomic E-state index is 12.2. The smallest absolute Gasteiger partial charge is 0.317 e. The SMILES string of the molecule is CN(CC1CCCCC1O)C(=O)NCc1cc2ccccc2o1. The lowest BCUT2D eigenvalue weighted by Crippen LogP contribution is -2.42. The Kier molecular flexibility index (Phi) is 4.86. The summed E-state index contributed by atoms with van der Waals surface area (Å²) in [5.41, 5.74) is 0.829. The van der Waals surface area contributed by atoms with Crippen LogP contribution in [0, 0.1) is 5.92 Å². The van der Waals surface area contributed by atoms with Crippen molar-refractivity contribution < 1.29 is 14.3 Å². The molecule has 0 bridgehead atoms. The van der Waals surface area contributed by atoms with Gasteiger partial charge in [-0.15, -0.1) is 0 Å². The van der Waals surface area contributed by atoms with E-state index in [9.17, 15) is 9.90 Å². The van der Waals surface area contributed by atoms with Crippen LogP contribution in [-0.2, 0) is 6.54 Å². The Morgan fingerprint density at radius 3 is 2.91 bits per heavy atom. The largest absolute Gasteiger partial charge is 0.459 e. The molecule has 5 nitrogen and oxygen atoms in total. The lowest BCUT2D eigenvalue weighted by molar-refractivity contribution is 0.0564. The number of amides is 2. The minimum absolute atomic E-state index is 0.136. The minimum Gasteiger partial charge on any atom is -0.459 e. The van der Waals surface area contributed by atoms with E-state index in [-0.39, 0.29) is 18.1 Å². The summed E-state index contributed by atoms with van der Waals surface area (Å²) in [5, 5.41) is 13.9. The van der Waals surface area contributed by atoms with E-state index < -0.39 is 0 Å². The molecule has 2 aromatic rings. The summed E-state index contributed by atoms with van der Waals surface area (Å²) < 4.78 is 5.69. The van der Waals surface area contributed by atoms with Crippen LogP contribution in [0.25, 0.3) is 11.0 Å². The summed E-state index contributed by atoms with van der Waals surface area (Å²) in [6.45, 7) is 0.957. The van der Waals surface area contributed by atoms with Crippen LogP contribution in [0.5, 0.6) is 0 Å². The van der Waals surface area contributed by atoms with Crippen molar-refractivity contribution in [1.82, 2.24) is 10.2 Å². The summed E-state index contributed by atoms with van der Waals surface area (Å²) in [4.78, 5) is 13.9. The number of para-hydroxylation sites is 1. The van der Waals surface area contributed by atoms with E-state index in [4.69, 9.17) is 4.42 Å². The molecule has 1 aromatic heterocycles. The van der Waals surface area contributed by atoms with Gasteiger partial charge in [0.15, 0.2) is 0 Å². The van der Waals surface area contributed by atoms with E-state index in [0.717, 1.165) is 42.4 Å². The molecule has 1 fully saturated rings. The van der Waals surface area contributed by atoms with Crippen molar-refractivity contribution in [3.8, 4) is 0 Å². The number of nitrogens with zero attached hydrogens (tertiary/aromatic N) is 1. The maximum Gasteiger partial charge on any atom is 0.317 e. The maximum atomic E-state index is 12.2. The van der Waals surface area contributed by atoms with Gasteiger partial charge in [-0.1, -0.05) is 31.0 Å². The first-order valence-electron chi connectivity index (χ1n) is 8.28. The molecule has 3 rings (SSSR count). The van der Waals surface area contributed by atoms with Crippen molar-refractivity contribution in [2.45, 2.75) is 38.3 Å². The van der Waals surface area contributed by atoms with Crippen molar-refractivity contribution in [2.75, 3.05) is 13.6 Å². The molecule has 0 spiro atoms. The molecule has 1 aliphatic carbocycles. The van der Waals surface area contributed by atoms with Gasteiger partial charge < -0.3 is 19.7 Å². The van der Waals surface area contributed by atoms with Crippen molar-refractivity contribution >= 4 is 17.0 Å². The number of urea groups is 1. The fourth-order valence-electron chi connectivity index (χ4n) is 3.26. The lowest BCUT2D eigenvalue weighted by atomic mass is 9.86. The molecule has 1 aromatic carbocycles. The minimum atomic E-state index is -0.283. The molecule has 1 heterocycles. The number of rotatable bonds is 4. The monoisotopic (exact) mass is 316 g/mol. The highest BCUT2D eigenvalue weighted by atomic mass is 16.3. The number of aliphatic hydroxyl groups is 1. The Balaban J connectivity index is 1.51. The molecule has 5 heteroatoms. The summed E-state index contributed by atoms with van der Waals surface area (Å²) >= 11 is 0. The first-order valence-corrected chi connectivity index (χ1v) is 8.28. The van der Waals surface area contributed by atoms with Crippen molar-refractivity contribution in [3.05, 3.63) is 36.1 Å². The molecular formula is C18H24N2O3. The molecule has 2 unspecified atom stereocenters. The summed E-state index contributed by atoms with van der Waals surface area (Å²) in [6.07, 6.45) is 3.77. The predicted molar refractivity (Wildman–Crippen MR) is 89.0 cm³/mol. The third-order valence-corrected chi connectivity index (χ3v) is 4.61. The number of hydrogen-bond acceptors (Lipinski definition) is 3. The average Bonchev–Trinajstić information content (AvgIpc) is 2.97. The first-order chi connectivity index (χ1) is 11.1. The Morgan fingerprint density at radius 2 is 2.13 bits per heavy atom. The van der Waals surface area contributed by atoms with Gasteiger partial charge in [-0.3, -0.25) is 0 Å². The standard InChI is InChI=1S/C18H24N2O3/c1-20(12-14-7-2-4-8-16(14)21)18(22)19-11-15-10-13-6-3-5-9-17(13)23-15/h3,5-6,9-10,14,16,21H,2,4,7-8,11-12H2,1H3,(H,19,22). The van der Waals surface area contributed by atoms with E-state index in [1.807, 2.05) is 30.3 Å². The highest BCUT2D eigenvalue weighted by Crippen LogP contribution is 2.25. The van der Waals surface area contributed by atoms with Crippen molar-refractivity contribution in [3.63, 3.8) is 0 Å². The van der Waals surface area contributed by atoms with E-state index in [1.165, 1.54) is 0 Å². The fraction of sp³-hybridized carbons (Fsp3) is 0.500. The molecular weight excluding hydrogens is 292 g/mol. The predicted octanol–water partition coefficient (Wildman–Crippen LogP) is 3.13. The third-order valence-electron chi connectivity index (χ3n) is 4.61. The number of furan rings is 1. The molecule has 23 heavy (non-hydrogen) atoms. The van der Waals surface area contributed by atoms with Gasteiger partial charge in [0.2, 0.25) is 0 Å². The van der Waals surface area contributed by atoms with E-state index >= 15 is 0 Å². The number of benzene rings is 1. The van der Waals surface area contributed by atoms with Gasteiger partial charge in [0.25, 0.3) is 0 Å². The number of aliphatic hydroxyl groups excluding tert-OH is 1. The van der Waals surface area contributed by atoms with Gasteiger partial charge >= 0.3 is 6.03 Å². The van der Waals surface area contributed by atoms with Gasteiger partial charge in [0, 0.05) is 24.9 Å².